The van der Waals surface area contributed by atoms with E-state index in [1.54, 1.807) is 44.9 Å². The monoisotopic (exact) mass is 282 g/mol. The van der Waals surface area contributed by atoms with Crippen LogP contribution in [0.3, 0.4) is 0 Å². The van der Waals surface area contributed by atoms with Crippen molar-refractivity contribution in [2.75, 3.05) is 13.2 Å². The molecule has 6 nitrogen and oxygen atoms in total. The molecule has 1 heterocycles. The van der Waals surface area contributed by atoms with Crippen molar-refractivity contribution in [1.29, 1.82) is 0 Å². The van der Waals surface area contributed by atoms with Gasteiger partial charge in [0.1, 0.15) is 0 Å². The Labute approximate surface area is 119 Å². The van der Waals surface area contributed by atoms with E-state index in [9.17, 15) is 9.59 Å². The van der Waals surface area contributed by atoms with Crippen LogP contribution in [0.1, 0.15) is 32.8 Å². The Morgan fingerprint density at radius 3 is 2.10 bits per heavy atom. The zero-order valence-electron chi connectivity index (χ0n) is 12.5. The van der Waals surface area contributed by atoms with Crippen LogP contribution in [0.25, 0.3) is 0 Å². The molecule has 0 aliphatic carbocycles. The summed E-state index contributed by atoms with van der Waals surface area (Å²) in [6.07, 6.45) is 3.97. The Bertz CT molecular complexity index is 449. The van der Waals surface area contributed by atoms with Crippen molar-refractivity contribution in [2.45, 2.75) is 33.6 Å². The van der Waals surface area contributed by atoms with Gasteiger partial charge in [-0.1, -0.05) is 6.92 Å². The zero-order chi connectivity index (χ0) is 15.2. The molecule has 0 amide bonds. The quantitative estimate of drug-likeness (QED) is 0.559. The molecule has 0 bridgehead atoms. The van der Waals surface area contributed by atoms with E-state index >= 15 is 0 Å². The van der Waals surface area contributed by atoms with Crippen molar-refractivity contribution < 1.29 is 19.1 Å². The summed E-state index contributed by atoms with van der Waals surface area (Å²) < 4.78 is 11.8. The molecule has 1 aromatic heterocycles. The number of hydrogen-bond donors (Lipinski definition) is 0. The molecule has 1 rings (SSSR count). The van der Waals surface area contributed by atoms with Gasteiger partial charge in [0.05, 0.1) is 19.4 Å². The summed E-state index contributed by atoms with van der Waals surface area (Å²) in [4.78, 5) is 24.5. The Morgan fingerprint density at radius 1 is 1.20 bits per heavy atom. The van der Waals surface area contributed by atoms with Crippen LogP contribution in [0.5, 0.6) is 0 Å². The first-order valence-electron chi connectivity index (χ1n) is 6.82. The third-order valence-electron chi connectivity index (χ3n) is 3.20. The van der Waals surface area contributed by atoms with E-state index < -0.39 is 17.4 Å². The van der Waals surface area contributed by atoms with Crippen molar-refractivity contribution in [2.24, 2.45) is 12.5 Å². The molecule has 6 heteroatoms. The summed E-state index contributed by atoms with van der Waals surface area (Å²) in [7, 11) is 1.78. The molecule has 0 fully saturated rings. The first-order valence-corrected chi connectivity index (χ1v) is 6.82. The van der Waals surface area contributed by atoms with Gasteiger partial charge in [0.2, 0.25) is 0 Å². The van der Waals surface area contributed by atoms with Crippen LogP contribution < -0.4 is 0 Å². The normalized spacial score (nSPS) is 11.2. The fourth-order valence-corrected chi connectivity index (χ4v) is 2.09. The largest absolute Gasteiger partial charge is 0.465 e. The molecule has 112 valence electrons. The number of rotatable bonds is 7. The maximum absolute atomic E-state index is 12.3. The third kappa shape index (κ3) is 3.37. The van der Waals surface area contributed by atoms with Crippen LogP contribution in [0.15, 0.2) is 12.4 Å². The molecule has 20 heavy (non-hydrogen) atoms. The first-order chi connectivity index (χ1) is 9.50. The van der Waals surface area contributed by atoms with Crippen molar-refractivity contribution in [1.82, 2.24) is 9.78 Å². The van der Waals surface area contributed by atoms with Gasteiger partial charge >= 0.3 is 11.9 Å². The molecule has 0 radical (unpaired) electrons. The highest BCUT2D eigenvalue weighted by atomic mass is 16.6. The van der Waals surface area contributed by atoms with E-state index in [4.69, 9.17) is 9.47 Å². The average molecular weight is 282 g/mol. The zero-order valence-corrected chi connectivity index (χ0v) is 12.5. The minimum absolute atomic E-state index is 0.229. The second kappa shape index (κ2) is 7.07. The Morgan fingerprint density at radius 2 is 1.75 bits per heavy atom. The molecule has 0 aliphatic rings. The lowest BCUT2D eigenvalue weighted by atomic mass is 9.79. The van der Waals surface area contributed by atoms with Gasteiger partial charge in [-0.25, -0.2) is 0 Å². The van der Waals surface area contributed by atoms with Gasteiger partial charge in [0, 0.05) is 19.7 Å². The van der Waals surface area contributed by atoms with Crippen molar-refractivity contribution in [3.05, 3.63) is 18.0 Å². The molecule has 0 atom stereocenters. The SMILES string of the molecule is CCOC(=O)C(CC)(Cc1cnn(C)c1)C(=O)OCC. The van der Waals surface area contributed by atoms with E-state index in [2.05, 4.69) is 5.10 Å². The van der Waals surface area contributed by atoms with Gasteiger partial charge < -0.3 is 9.47 Å². The predicted octanol–water partition coefficient (Wildman–Crippen LogP) is 1.49. The van der Waals surface area contributed by atoms with Crippen molar-refractivity contribution in [3.63, 3.8) is 0 Å². The highest BCUT2D eigenvalue weighted by Crippen LogP contribution is 2.31. The Hall–Kier alpha value is -1.85. The molecule has 0 saturated heterocycles. The lowest BCUT2D eigenvalue weighted by molar-refractivity contribution is -0.172. The van der Waals surface area contributed by atoms with E-state index in [-0.39, 0.29) is 19.6 Å². The van der Waals surface area contributed by atoms with Crippen LogP contribution in [0, 0.1) is 5.41 Å². The third-order valence-corrected chi connectivity index (χ3v) is 3.20. The maximum Gasteiger partial charge on any atom is 0.323 e. The van der Waals surface area contributed by atoms with Crippen molar-refractivity contribution in [3.8, 4) is 0 Å². The number of ether oxygens (including phenoxy) is 2. The van der Waals surface area contributed by atoms with Gasteiger partial charge in [0.15, 0.2) is 5.41 Å². The average Bonchev–Trinajstić information content (AvgIpc) is 2.81. The summed E-state index contributed by atoms with van der Waals surface area (Å²) >= 11 is 0. The van der Waals surface area contributed by atoms with Gasteiger partial charge in [-0.3, -0.25) is 14.3 Å². The molecular formula is C14H22N2O4. The summed E-state index contributed by atoms with van der Waals surface area (Å²) in [5.74, 6) is -1.07. The van der Waals surface area contributed by atoms with Gasteiger partial charge in [-0.2, -0.15) is 5.10 Å². The minimum Gasteiger partial charge on any atom is -0.465 e. The number of carbonyl (C=O) groups is 2. The second-order valence-corrected chi connectivity index (χ2v) is 4.58. The first kappa shape index (κ1) is 16.2. The van der Waals surface area contributed by atoms with Crippen LogP contribution in [-0.4, -0.2) is 34.9 Å². The van der Waals surface area contributed by atoms with Crippen LogP contribution in [-0.2, 0) is 32.5 Å². The smallest absolute Gasteiger partial charge is 0.323 e. The van der Waals surface area contributed by atoms with E-state index in [0.717, 1.165) is 5.56 Å². The summed E-state index contributed by atoms with van der Waals surface area (Å²) in [5.41, 5.74) is -0.495. The number of esters is 2. The highest BCUT2D eigenvalue weighted by Gasteiger charge is 2.47. The molecule has 0 spiro atoms. The number of nitrogens with zero attached hydrogens (tertiary/aromatic N) is 2. The molecule has 0 aromatic carbocycles. The molecule has 0 saturated carbocycles. The molecular weight excluding hydrogens is 260 g/mol. The Kier molecular flexibility index (Phi) is 5.73. The number of hydrogen-bond acceptors (Lipinski definition) is 5. The van der Waals surface area contributed by atoms with E-state index in [0.29, 0.717) is 6.42 Å². The van der Waals surface area contributed by atoms with Crippen LogP contribution in [0.2, 0.25) is 0 Å². The van der Waals surface area contributed by atoms with Gasteiger partial charge in [-0.05, 0) is 25.8 Å². The lowest BCUT2D eigenvalue weighted by Crippen LogP contribution is -2.43. The summed E-state index contributed by atoms with van der Waals surface area (Å²) in [6, 6.07) is 0. The molecule has 0 N–H and O–H groups in total. The van der Waals surface area contributed by atoms with Crippen LogP contribution in [0.4, 0.5) is 0 Å². The number of aryl methyl sites for hydroxylation is 1. The minimum atomic E-state index is -1.30. The lowest BCUT2D eigenvalue weighted by Gasteiger charge is -2.27. The van der Waals surface area contributed by atoms with Gasteiger partial charge in [0.25, 0.3) is 0 Å². The predicted molar refractivity (Wildman–Crippen MR) is 72.9 cm³/mol. The molecule has 0 unspecified atom stereocenters. The highest BCUT2D eigenvalue weighted by molar-refractivity contribution is 6.00. The fourth-order valence-electron chi connectivity index (χ4n) is 2.09. The second-order valence-electron chi connectivity index (χ2n) is 4.58. The fraction of sp³-hybridized carbons (Fsp3) is 0.643. The maximum atomic E-state index is 12.3. The van der Waals surface area contributed by atoms with E-state index in [1.165, 1.54) is 0 Å². The van der Waals surface area contributed by atoms with Crippen LogP contribution >= 0.6 is 0 Å². The van der Waals surface area contributed by atoms with E-state index in [1.807, 2.05) is 0 Å². The van der Waals surface area contributed by atoms with Crippen molar-refractivity contribution >= 4 is 11.9 Å². The van der Waals surface area contributed by atoms with Gasteiger partial charge in [-0.15, -0.1) is 0 Å². The number of carbonyl (C=O) groups excluding carboxylic acids is 2. The Balaban J connectivity index is 3.09. The molecule has 1 aromatic rings. The summed E-state index contributed by atoms with van der Waals surface area (Å²) in [6.45, 7) is 5.67. The molecule has 0 aliphatic heterocycles. The standard InChI is InChI=1S/C14H22N2O4/c1-5-14(12(17)19-6-2,13(18)20-7-3)8-11-9-15-16(4)10-11/h9-10H,5-8H2,1-4H3. The summed E-state index contributed by atoms with van der Waals surface area (Å²) in [5, 5.41) is 4.06. The number of aromatic nitrogens is 2. The topological polar surface area (TPSA) is 70.4 Å².